The lowest BCUT2D eigenvalue weighted by Gasteiger charge is -2.04. The lowest BCUT2D eigenvalue weighted by atomic mass is 10.3. The average molecular weight is 282 g/mol. The molecule has 0 unspecified atom stereocenters. The molecule has 0 saturated carbocycles. The summed E-state index contributed by atoms with van der Waals surface area (Å²) in [6.45, 7) is 0.932. The van der Waals surface area contributed by atoms with Crippen LogP contribution < -0.4 is 11.1 Å². The standard InChI is InChI=1S/C11H14N4O3S/c12-8-7-1-2-14-15-11(7)19-9(8)10(17)13-3-5-18-6-4-16/h1-2,16H,3-6,12H2,(H,13,17). The van der Waals surface area contributed by atoms with Gasteiger partial charge in [0.1, 0.15) is 9.71 Å². The van der Waals surface area contributed by atoms with Crippen molar-refractivity contribution in [2.75, 3.05) is 32.1 Å². The minimum Gasteiger partial charge on any atom is -0.397 e. The number of hydrogen-bond acceptors (Lipinski definition) is 7. The van der Waals surface area contributed by atoms with Gasteiger partial charge in [0.15, 0.2) is 0 Å². The molecule has 0 aliphatic rings. The zero-order valence-electron chi connectivity index (χ0n) is 10.1. The maximum absolute atomic E-state index is 11.9. The van der Waals surface area contributed by atoms with E-state index in [0.717, 1.165) is 5.39 Å². The average Bonchev–Trinajstić information content (AvgIpc) is 2.76. The summed E-state index contributed by atoms with van der Waals surface area (Å²) in [6.07, 6.45) is 1.54. The van der Waals surface area contributed by atoms with Gasteiger partial charge in [0.25, 0.3) is 5.91 Å². The molecule has 0 aliphatic heterocycles. The fraction of sp³-hybridized carbons (Fsp3) is 0.364. The number of aliphatic hydroxyl groups is 1. The predicted molar refractivity (Wildman–Crippen MR) is 72.1 cm³/mol. The molecular weight excluding hydrogens is 268 g/mol. The van der Waals surface area contributed by atoms with Crippen molar-refractivity contribution in [3.63, 3.8) is 0 Å². The number of anilines is 1. The highest BCUT2D eigenvalue weighted by molar-refractivity contribution is 7.21. The van der Waals surface area contributed by atoms with Crippen LogP contribution in [0.2, 0.25) is 0 Å². The van der Waals surface area contributed by atoms with Crippen molar-refractivity contribution in [1.29, 1.82) is 0 Å². The van der Waals surface area contributed by atoms with Gasteiger partial charge in [-0.25, -0.2) is 0 Å². The normalized spacial score (nSPS) is 10.8. The molecule has 0 aromatic carbocycles. The summed E-state index contributed by atoms with van der Waals surface area (Å²) in [7, 11) is 0. The van der Waals surface area contributed by atoms with Crippen molar-refractivity contribution < 1.29 is 14.6 Å². The third kappa shape index (κ3) is 3.16. The fourth-order valence-electron chi connectivity index (χ4n) is 1.53. The number of hydrogen-bond donors (Lipinski definition) is 3. The van der Waals surface area contributed by atoms with Crippen molar-refractivity contribution in [2.45, 2.75) is 0 Å². The van der Waals surface area contributed by atoms with Gasteiger partial charge in [0, 0.05) is 11.9 Å². The predicted octanol–water partition coefficient (Wildman–Crippen LogP) is 0.0122. The molecule has 8 heteroatoms. The van der Waals surface area contributed by atoms with Crippen molar-refractivity contribution in [2.24, 2.45) is 0 Å². The van der Waals surface area contributed by atoms with Crippen molar-refractivity contribution in [1.82, 2.24) is 15.5 Å². The molecule has 4 N–H and O–H groups in total. The molecule has 102 valence electrons. The van der Waals surface area contributed by atoms with E-state index in [-0.39, 0.29) is 19.1 Å². The van der Waals surface area contributed by atoms with Crippen molar-refractivity contribution >= 4 is 33.1 Å². The lowest BCUT2D eigenvalue weighted by molar-refractivity contribution is 0.0841. The van der Waals surface area contributed by atoms with E-state index in [9.17, 15) is 4.79 Å². The van der Waals surface area contributed by atoms with E-state index < -0.39 is 0 Å². The summed E-state index contributed by atoms with van der Waals surface area (Å²) in [4.78, 5) is 13.0. The van der Waals surface area contributed by atoms with Crippen LogP contribution >= 0.6 is 11.3 Å². The van der Waals surface area contributed by atoms with Gasteiger partial charge < -0.3 is 20.9 Å². The van der Waals surface area contributed by atoms with Crippen molar-refractivity contribution in [3.05, 3.63) is 17.1 Å². The Labute approximate surface area is 113 Å². The highest BCUT2D eigenvalue weighted by atomic mass is 32.1. The quantitative estimate of drug-likeness (QED) is 0.644. The van der Waals surface area contributed by atoms with E-state index in [4.69, 9.17) is 15.6 Å². The largest absolute Gasteiger partial charge is 0.397 e. The van der Waals surface area contributed by atoms with Gasteiger partial charge in [-0.2, -0.15) is 5.10 Å². The van der Waals surface area contributed by atoms with Crippen LogP contribution in [-0.2, 0) is 4.74 Å². The molecule has 2 rings (SSSR count). The van der Waals surface area contributed by atoms with Crippen LogP contribution in [0.5, 0.6) is 0 Å². The molecule has 0 spiro atoms. The number of carbonyl (C=O) groups excluding carboxylic acids is 1. The summed E-state index contributed by atoms with van der Waals surface area (Å²) in [5.41, 5.74) is 6.33. The molecule has 0 aliphatic carbocycles. The highest BCUT2D eigenvalue weighted by Crippen LogP contribution is 2.31. The van der Waals surface area contributed by atoms with Crippen LogP contribution in [0.15, 0.2) is 12.3 Å². The molecule has 0 saturated heterocycles. The molecule has 1 amide bonds. The van der Waals surface area contributed by atoms with Gasteiger partial charge in [-0.15, -0.1) is 16.4 Å². The number of nitrogens with one attached hydrogen (secondary N) is 1. The number of fused-ring (bicyclic) bond motifs is 1. The number of ether oxygens (including phenoxy) is 1. The SMILES string of the molecule is Nc1c(C(=O)NCCOCCO)sc2nnccc12. The molecule has 0 atom stereocenters. The molecule has 0 radical (unpaired) electrons. The first-order valence-electron chi connectivity index (χ1n) is 5.70. The van der Waals surface area contributed by atoms with Crippen LogP contribution in [0.3, 0.4) is 0 Å². The Morgan fingerprint density at radius 3 is 3.11 bits per heavy atom. The number of aromatic nitrogens is 2. The van der Waals surface area contributed by atoms with E-state index in [0.29, 0.717) is 28.5 Å². The number of nitrogen functional groups attached to an aromatic ring is 1. The fourth-order valence-corrected chi connectivity index (χ4v) is 2.48. The smallest absolute Gasteiger partial charge is 0.263 e. The number of nitrogens with two attached hydrogens (primary N) is 1. The monoisotopic (exact) mass is 282 g/mol. The van der Waals surface area contributed by atoms with Crippen LogP contribution in [0.1, 0.15) is 9.67 Å². The molecule has 2 aromatic rings. The van der Waals surface area contributed by atoms with Crippen molar-refractivity contribution in [3.8, 4) is 0 Å². The number of rotatable bonds is 6. The molecule has 0 fully saturated rings. The molecule has 2 aromatic heterocycles. The topological polar surface area (TPSA) is 110 Å². The molecule has 19 heavy (non-hydrogen) atoms. The van der Waals surface area contributed by atoms with Gasteiger partial charge in [0.05, 0.1) is 31.7 Å². The first kappa shape index (κ1) is 13.7. The maximum atomic E-state index is 11.9. The van der Waals surface area contributed by atoms with E-state index >= 15 is 0 Å². The molecular formula is C11H14N4O3S. The molecule has 2 heterocycles. The Morgan fingerprint density at radius 2 is 2.37 bits per heavy atom. The second-order valence-corrected chi connectivity index (χ2v) is 4.69. The Bertz CT molecular complexity index is 572. The number of carbonyl (C=O) groups is 1. The van der Waals surface area contributed by atoms with E-state index in [1.54, 1.807) is 6.07 Å². The van der Waals surface area contributed by atoms with E-state index in [1.165, 1.54) is 17.5 Å². The van der Waals surface area contributed by atoms with E-state index in [1.807, 2.05) is 0 Å². The number of amides is 1. The Balaban J connectivity index is 1.99. The van der Waals surface area contributed by atoms with Crippen LogP contribution in [0, 0.1) is 0 Å². The summed E-state index contributed by atoms with van der Waals surface area (Å²) >= 11 is 1.21. The van der Waals surface area contributed by atoms with Gasteiger partial charge in [-0.3, -0.25) is 4.79 Å². The van der Waals surface area contributed by atoms with Crippen LogP contribution in [0.4, 0.5) is 5.69 Å². The second kappa shape index (κ2) is 6.41. The third-order valence-electron chi connectivity index (χ3n) is 2.39. The Hall–Kier alpha value is -1.77. The third-order valence-corrected chi connectivity index (χ3v) is 3.50. The maximum Gasteiger partial charge on any atom is 0.263 e. The molecule has 7 nitrogen and oxygen atoms in total. The summed E-state index contributed by atoms with van der Waals surface area (Å²) in [6, 6.07) is 1.73. The van der Waals surface area contributed by atoms with Crippen LogP contribution in [-0.4, -0.2) is 47.6 Å². The summed E-state index contributed by atoms with van der Waals surface area (Å²) in [5, 5.41) is 19.6. The van der Waals surface area contributed by atoms with Crippen LogP contribution in [0.25, 0.3) is 10.2 Å². The highest BCUT2D eigenvalue weighted by Gasteiger charge is 2.16. The summed E-state index contributed by atoms with van der Waals surface area (Å²) in [5.74, 6) is -0.256. The van der Waals surface area contributed by atoms with E-state index in [2.05, 4.69) is 15.5 Å². The second-order valence-electron chi connectivity index (χ2n) is 3.69. The molecule has 0 bridgehead atoms. The lowest BCUT2D eigenvalue weighted by Crippen LogP contribution is -2.27. The Morgan fingerprint density at radius 1 is 1.53 bits per heavy atom. The summed E-state index contributed by atoms with van der Waals surface area (Å²) < 4.78 is 5.04. The number of aliphatic hydroxyl groups excluding tert-OH is 1. The minimum absolute atomic E-state index is 0.0319. The zero-order valence-corrected chi connectivity index (χ0v) is 10.9. The number of thiophene rings is 1. The van der Waals surface area contributed by atoms with Gasteiger partial charge >= 0.3 is 0 Å². The zero-order chi connectivity index (χ0) is 13.7. The van der Waals surface area contributed by atoms with Gasteiger partial charge in [0.2, 0.25) is 0 Å². The Kier molecular flexibility index (Phi) is 4.61. The van der Waals surface area contributed by atoms with Gasteiger partial charge in [-0.1, -0.05) is 0 Å². The number of nitrogens with zero attached hydrogens (tertiary/aromatic N) is 2. The minimum atomic E-state index is -0.256. The van der Waals surface area contributed by atoms with Gasteiger partial charge in [-0.05, 0) is 6.07 Å². The first-order chi connectivity index (χ1) is 9.24. The first-order valence-corrected chi connectivity index (χ1v) is 6.52.